The van der Waals surface area contributed by atoms with E-state index in [-0.39, 0.29) is 0 Å². The maximum absolute atomic E-state index is 5.77. The number of hydrogen-bond acceptors (Lipinski definition) is 4. The van der Waals surface area contributed by atoms with Crippen LogP contribution >= 0.6 is 0 Å². The first-order valence-corrected chi connectivity index (χ1v) is 7.88. The second-order valence-corrected chi connectivity index (χ2v) is 5.87. The van der Waals surface area contributed by atoms with E-state index in [1.807, 2.05) is 0 Å². The minimum Gasteiger partial charge on any atom is -0.374 e. The van der Waals surface area contributed by atoms with E-state index >= 15 is 0 Å². The van der Waals surface area contributed by atoms with Crippen molar-refractivity contribution in [3.8, 4) is 0 Å². The molecule has 4 nitrogen and oxygen atoms in total. The lowest BCUT2D eigenvalue weighted by Gasteiger charge is -2.32. The van der Waals surface area contributed by atoms with Crippen LogP contribution < -0.4 is 5.32 Å². The second kappa shape index (κ2) is 9.70. The van der Waals surface area contributed by atoms with E-state index in [1.54, 1.807) is 0 Å². The van der Waals surface area contributed by atoms with Crippen LogP contribution in [-0.4, -0.2) is 74.9 Å². The van der Waals surface area contributed by atoms with Crippen LogP contribution in [0.15, 0.2) is 0 Å². The molecule has 1 aliphatic heterocycles. The second-order valence-electron chi connectivity index (χ2n) is 5.87. The summed E-state index contributed by atoms with van der Waals surface area (Å²) in [4.78, 5) is 4.87. The Morgan fingerprint density at radius 1 is 1.37 bits per heavy atom. The lowest BCUT2D eigenvalue weighted by Crippen LogP contribution is -2.46. The molecule has 0 saturated carbocycles. The van der Waals surface area contributed by atoms with Crippen molar-refractivity contribution in [2.75, 3.05) is 52.9 Å². The molecular formula is C15H33N3O. The number of morpholine rings is 1. The predicted molar refractivity (Wildman–Crippen MR) is 81.7 cm³/mol. The predicted octanol–water partition coefficient (Wildman–Crippen LogP) is 1.42. The van der Waals surface area contributed by atoms with Crippen molar-refractivity contribution >= 4 is 0 Å². The molecule has 0 aliphatic carbocycles. The SMILES string of the molecule is CCN1CCOC(CNCCCCN(C)C(C)C)C1. The van der Waals surface area contributed by atoms with Crippen LogP contribution in [0.4, 0.5) is 0 Å². The summed E-state index contributed by atoms with van der Waals surface area (Å²) in [5, 5.41) is 3.53. The highest BCUT2D eigenvalue weighted by Crippen LogP contribution is 2.03. The van der Waals surface area contributed by atoms with Crippen LogP contribution in [0.3, 0.4) is 0 Å². The molecule has 1 N–H and O–H groups in total. The number of nitrogens with one attached hydrogen (secondary N) is 1. The summed E-state index contributed by atoms with van der Waals surface area (Å²) in [7, 11) is 2.20. The molecule has 4 heteroatoms. The largest absolute Gasteiger partial charge is 0.374 e. The van der Waals surface area contributed by atoms with Gasteiger partial charge < -0.3 is 15.0 Å². The minimum atomic E-state index is 0.382. The molecule has 0 spiro atoms. The van der Waals surface area contributed by atoms with Crippen molar-refractivity contribution in [1.29, 1.82) is 0 Å². The molecule has 1 saturated heterocycles. The molecule has 114 valence electrons. The normalized spacial score (nSPS) is 21.5. The number of hydrogen-bond donors (Lipinski definition) is 1. The lowest BCUT2D eigenvalue weighted by molar-refractivity contribution is -0.0251. The van der Waals surface area contributed by atoms with E-state index < -0.39 is 0 Å². The zero-order valence-corrected chi connectivity index (χ0v) is 13.3. The third-order valence-electron chi connectivity index (χ3n) is 4.04. The van der Waals surface area contributed by atoms with Gasteiger partial charge in [-0.05, 0) is 53.4 Å². The summed E-state index contributed by atoms with van der Waals surface area (Å²) in [5.74, 6) is 0. The Bertz CT molecular complexity index is 223. The van der Waals surface area contributed by atoms with Crippen molar-refractivity contribution in [1.82, 2.24) is 15.1 Å². The first-order chi connectivity index (χ1) is 9.13. The average Bonchev–Trinajstić information content (AvgIpc) is 2.42. The molecule has 0 amide bonds. The van der Waals surface area contributed by atoms with E-state index in [4.69, 9.17) is 4.74 Å². The molecule has 0 aromatic carbocycles. The molecule has 0 radical (unpaired) electrons. The van der Waals surface area contributed by atoms with Gasteiger partial charge in [-0.1, -0.05) is 6.92 Å². The highest BCUT2D eigenvalue weighted by Gasteiger charge is 2.18. The summed E-state index contributed by atoms with van der Waals surface area (Å²) in [6.45, 7) is 14.2. The van der Waals surface area contributed by atoms with E-state index in [1.165, 1.54) is 19.4 Å². The van der Waals surface area contributed by atoms with Crippen LogP contribution in [0.25, 0.3) is 0 Å². The number of unbranched alkanes of at least 4 members (excludes halogenated alkanes) is 1. The fourth-order valence-corrected chi connectivity index (χ4v) is 2.32. The topological polar surface area (TPSA) is 27.7 Å². The fraction of sp³-hybridized carbons (Fsp3) is 1.00. The lowest BCUT2D eigenvalue weighted by atomic mass is 10.2. The molecule has 1 rings (SSSR count). The van der Waals surface area contributed by atoms with Gasteiger partial charge in [-0.25, -0.2) is 0 Å². The summed E-state index contributed by atoms with van der Waals surface area (Å²) >= 11 is 0. The smallest absolute Gasteiger partial charge is 0.0826 e. The molecule has 0 aromatic rings. The van der Waals surface area contributed by atoms with Crippen molar-refractivity contribution in [2.45, 2.75) is 45.8 Å². The first kappa shape index (κ1) is 16.9. The van der Waals surface area contributed by atoms with E-state index in [2.05, 4.69) is 42.9 Å². The summed E-state index contributed by atoms with van der Waals surface area (Å²) < 4.78 is 5.77. The van der Waals surface area contributed by atoms with Gasteiger partial charge in [-0.15, -0.1) is 0 Å². The first-order valence-electron chi connectivity index (χ1n) is 7.88. The number of nitrogens with zero attached hydrogens (tertiary/aromatic N) is 2. The van der Waals surface area contributed by atoms with Gasteiger partial charge in [0.15, 0.2) is 0 Å². The summed E-state index contributed by atoms with van der Waals surface area (Å²) in [6.07, 6.45) is 2.90. The Hall–Kier alpha value is -0.160. The third kappa shape index (κ3) is 7.25. The van der Waals surface area contributed by atoms with Crippen molar-refractivity contribution in [3.05, 3.63) is 0 Å². The average molecular weight is 271 g/mol. The summed E-state index contributed by atoms with van der Waals surface area (Å²) in [5.41, 5.74) is 0. The van der Waals surface area contributed by atoms with Crippen molar-refractivity contribution in [3.63, 3.8) is 0 Å². The van der Waals surface area contributed by atoms with Gasteiger partial charge in [0, 0.05) is 25.7 Å². The van der Waals surface area contributed by atoms with Gasteiger partial charge in [-0.2, -0.15) is 0 Å². The van der Waals surface area contributed by atoms with Gasteiger partial charge in [0.05, 0.1) is 12.7 Å². The standard InChI is InChI=1S/C15H33N3O/c1-5-18-10-11-19-15(13-18)12-16-8-6-7-9-17(4)14(2)3/h14-16H,5-13H2,1-4H3. The molecule has 1 heterocycles. The molecule has 0 bridgehead atoms. The molecule has 19 heavy (non-hydrogen) atoms. The molecule has 1 fully saturated rings. The van der Waals surface area contributed by atoms with Crippen LogP contribution in [0.1, 0.15) is 33.6 Å². The maximum Gasteiger partial charge on any atom is 0.0826 e. The van der Waals surface area contributed by atoms with Crippen molar-refractivity contribution < 1.29 is 4.74 Å². The van der Waals surface area contributed by atoms with Crippen LogP contribution in [0, 0.1) is 0 Å². The maximum atomic E-state index is 5.77. The highest BCUT2D eigenvalue weighted by atomic mass is 16.5. The highest BCUT2D eigenvalue weighted by molar-refractivity contribution is 4.72. The van der Waals surface area contributed by atoms with E-state index in [9.17, 15) is 0 Å². The van der Waals surface area contributed by atoms with E-state index in [0.29, 0.717) is 12.1 Å². The molecule has 1 aliphatic rings. The Morgan fingerprint density at radius 3 is 2.84 bits per heavy atom. The Balaban J connectivity index is 1.96. The van der Waals surface area contributed by atoms with Gasteiger partial charge >= 0.3 is 0 Å². The number of rotatable bonds is 9. The monoisotopic (exact) mass is 271 g/mol. The van der Waals surface area contributed by atoms with Crippen LogP contribution in [0.2, 0.25) is 0 Å². The van der Waals surface area contributed by atoms with Gasteiger partial charge in [0.25, 0.3) is 0 Å². The van der Waals surface area contributed by atoms with E-state index in [0.717, 1.165) is 39.3 Å². The van der Waals surface area contributed by atoms with Gasteiger partial charge in [-0.3, -0.25) is 4.90 Å². The zero-order valence-electron chi connectivity index (χ0n) is 13.3. The molecule has 0 aromatic heterocycles. The number of likely N-dealkylation sites (N-methyl/N-ethyl adjacent to an activating group) is 1. The Morgan fingerprint density at radius 2 is 2.16 bits per heavy atom. The molecule has 1 unspecified atom stereocenters. The Labute approximate surface area is 119 Å². The zero-order chi connectivity index (χ0) is 14.1. The van der Waals surface area contributed by atoms with Crippen LogP contribution in [-0.2, 0) is 4.74 Å². The third-order valence-corrected chi connectivity index (χ3v) is 4.04. The number of ether oxygens (including phenoxy) is 1. The quantitative estimate of drug-likeness (QED) is 0.642. The molecular weight excluding hydrogens is 238 g/mol. The van der Waals surface area contributed by atoms with Crippen molar-refractivity contribution in [2.24, 2.45) is 0 Å². The van der Waals surface area contributed by atoms with Gasteiger partial charge in [0.1, 0.15) is 0 Å². The summed E-state index contributed by atoms with van der Waals surface area (Å²) in [6, 6.07) is 0.656. The Kier molecular flexibility index (Phi) is 8.62. The fourth-order valence-electron chi connectivity index (χ4n) is 2.32. The molecule has 1 atom stereocenters. The van der Waals surface area contributed by atoms with Crippen LogP contribution in [0.5, 0.6) is 0 Å². The minimum absolute atomic E-state index is 0.382. The van der Waals surface area contributed by atoms with Gasteiger partial charge in [0.2, 0.25) is 0 Å².